The summed E-state index contributed by atoms with van der Waals surface area (Å²) in [5.74, 6) is 0.0227. The molecule has 1 amide bonds. The number of halogens is 1. The van der Waals surface area contributed by atoms with Crippen molar-refractivity contribution in [2.75, 3.05) is 20.2 Å². The third-order valence-electron chi connectivity index (χ3n) is 4.58. The van der Waals surface area contributed by atoms with Gasteiger partial charge in [-0.25, -0.2) is 0 Å². The molecule has 3 N–H and O–H groups in total. The van der Waals surface area contributed by atoms with Gasteiger partial charge in [0, 0.05) is 25.6 Å². The van der Waals surface area contributed by atoms with E-state index in [9.17, 15) is 4.79 Å². The maximum atomic E-state index is 12.1. The summed E-state index contributed by atoms with van der Waals surface area (Å²) in [7, 11) is 1.59. The van der Waals surface area contributed by atoms with Crippen LogP contribution in [-0.2, 0) is 14.9 Å². The van der Waals surface area contributed by atoms with E-state index in [0.29, 0.717) is 19.5 Å². The molecule has 0 radical (unpaired) electrons. The lowest BCUT2D eigenvalue weighted by molar-refractivity contribution is -0.123. The molecule has 124 valence electrons. The summed E-state index contributed by atoms with van der Waals surface area (Å²) >= 11 is 0. The van der Waals surface area contributed by atoms with Crippen LogP contribution in [0.4, 0.5) is 0 Å². The van der Waals surface area contributed by atoms with Crippen LogP contribution in [-0.4, -0.2) is 32.2 Å². The summed E-state index contributed by atoms with van der Waals surface area (Å²) in [6.45, 7) is 1.07. The molecule has 1 aliphatic rings. The molecule has 1 fully saturated rings. The second-order valence-corrected chi connectivity index (χ2v) is 5.93. The van der Waals surface area contributed by atoms with Gasteiger partial charge < -0.3 is 15.8 Å². The molecule has 1 aromatic carbocycles. The lowest BCUT2D eigenvalue weighted by Crippen LogP contribution is -2.40. The zero-order valence-electron chi connectivity index (χ0n) is 13.2. The second-order valence-electron chi connectivity index (χ2n) is 5.93. The minimum Gasteiger partial charge on any atom is -0.380 e. The molecule has 5 heteroatoms. The van der Waals surface area contributed by atoms with Crippen LogP contribution in [0.1, 0.15) is 37.7 Å². The number of nitrogens with two attached hydrogens (primary N) is 1. The molecular weight excluding hydrogens is 300 g/mol. The van der Waals surface area contributed by atoms with E-state index in [1.165, 1.54) is 18.4 Å². The molecule has 1 aromatic rings. The van der Waals surface area contributed by atoms with Gasteiger partial charge in [0.2, 0.25) is 5.91 Å². The number of nitrogens with one attached hydrogen (secondary N) is 1. The summed E-state index contributed by atoms with van der Waals surface area (Å²) in [5.41, 5.74) is 7.00. The zero-order chi connectivity index (χ0) is 15.1. The van der Waals surface area contributed by atoms with E-state index in [1.807, 2.05) is 6.07 Å². The predicted molar refractivity (Wildman–Crippen MR) is 91.3 cm³/mol. The van der Waals surface area contributed by atoms with E-state index >= 15 is 0 Å². The number of hydrogen-bond acceptors (Lipinski definition) is 3. The van der Waals surface area contributed by atoms with Crippen LogP contribution < -0.4 is 11.1 Å². The highest BCUT2D eigenvalue weighted by Gasteiger charge is 2.35. The Bertz CT molecular complexity index is 443. The molecule has 1 unspecified atom stereocenters. The molecule has 22 heavy (non-hydrogen) atoms. The minimum absolute atomic E-state index is 0. The molecule has 2 rings (SSSR count). The van der Waals surface area contributed by atoms with Crippen molar-refractivity contribution in [3.63, 3.8) is 0 Å². The van der Waals surface area contributed by atoms with Gasteiger partial charge in [-0.05, 0) is 18.4 Å². The topological polar surface area (TPSA) is 64.3 Å². The van der Waals surface area contributed by atoms with Crippen molar-refractivity contribution < 1.29 is 9.53 Å². The molecule has 0 aliphatic heterocycles. The molecule has 1 saturated carbocycles. The fraction of sp³-hybridized carbons (Fsp3) is 0.588. The largest absolute Gasteiger partial charge is 0.380 e. The van der Waals surface area contributed by atoms with E-state index < -0.39 is 0 Å². The van der Waals surface area contributed by atoms with Crippen molar-refractivity contribution >= 4 is 18.3 Å². The summed E-state index contributed by atoms with van der Waals surface area (Å²) in [6.07, 6.45) is 4.88. The Morgan fingerprint density at radius 2 is 1.95 bits per heavy atom. The predicted octanol–water partition coefficient (Wildman–Crippen LogP) is 2.40. The van der Waals surface area contributed by atoms with Gasteiger partial charge in [-0.1, -0.05) is 43.2 Å². The van der Waals surface area contributed by atoms with Crippen molar-refractivity contribution in [3.05, 3.63) is 35.9 Å². The van der Waals surface area contributed by atoms with E-state index in [1.54, 1.807) is 7.11 Å². The van der Waals surface area contributed by atoms with Gasteiger partial charge in [0.15, 0.2) is 0 Å². The Labute approximate surface area is 139 Å². The molecule has 1 atom stereocenters. The van der Waals surface area contributed by atoms with Gasteiger partial charge in [0.25, 0.3) is 0 Å². The molecule has 1 aliphatic carbocycles. The van der Waals surface area contributed by atoms with Crippen LogP contribution in [0.25, 0.3) is 0 Å². The SMILES string of the molecule is COC(CN)CC(=O)NCC1(c2ccccc2)CCCC1.Cl. The molecular formula is C17H27ClN2O2. The first-order valence-corrected chi connectivity index (χ1v) is 7.75. The Kier molecular flexibility index (Phi) is 7.87. The first kappa shape index (κ1) is 18.9. The standard InChI is InChI=1S/C17H26N2O2.ClH/c1-21-15(12-18)11-16(20)19-13-17(9-5-6-10-17)14-7-3-2-4-8-14;/h2-4,7-8,15H,5-6,9-13,18H2,1H3,(H,19,20);1H. The Morgan fingerprint density at radius 1 is 1.32 bits per heavy atom. The molecule has 0 heterocycles. The smallest absolute Gasteiger partial charge is 0.222 e. The number of rotatable bonds is 7. The van der Waals surface area contributed by atoms with Crippen molar-refractivity contribution in [2.45, 2.75) is 43.6 Å². The lowest BCUT2D eigenvalue weighted by Gasteiger charge is -2.30. The number of amides is 1. The molecule has 0 saturated heterocycles. The third-order valence-corrected chi connectivity index (χ3v) is 4.58. The fourth-order valence-corrected chi connectivity index (χ4v) is 3.22. The number of benzene rings is 1. The number of ether oxygens (including phenoxy) is 1. The third kappa shape index (κ3) is 4.70. The highest BCUT2D eigenvalue weighted by atomic mass is 35.5. The van der Waals surface area contributed by atoms with Crippen LogP contribution in [0.15, 0.2) is 30.3 Å². The van der Waals surface area contributed by atoms with Crippen LogP contribution in [0.2, 0.25) is 0 Å². The molecule has 0 bridgehead atoms. The molecule has 0 aromatic heterocycles. The maximum absolute atomic E-state index is 12.1. The van der Waals surface area contributed by atoms with Crippen LogP contribution in [0, 0.1) is 0 Å². The van der Waals surface area contributed by atoms with E-state index in [0.717, 1.165) is 12.8 Å². The maximum Gasteiger partial charge on any atom is 0.222 e. The second kappa shape index (κ2) is 9.13. The van der Waals surface area contributed by atoms with E-state index in [2.05, 4.69) is 29.6 Å². The molecule has 0 spiro atoms. The van der Waals surface area contributed by atoms with Crippen LogP contribution in [0.3, 0.4) is 0 Å². The van der Waals surface area contributed by atoms with Crippen molar-refractivity contribution in [2.24, 2.45) is 5.73 Å². The van der Waals surface area contributed by atoms with Gasteiger partial charge in [-0.2, -0.15) is 0 Å². The number of carbonyl (C=O) groups excluding carboxylic acids is 1. The Hall–Kier alpha value is -1.10. The summed E-state index contributed by atoms with van der Waals surface area (Å²) < 4.78 is 5.17. The zero-order valence-corrected chi connectivity index (χ0v) is 14.0. The molecule has 4 nitrogen and oxygen atoms in total. The van der Waals surface area contributed by atoms with Crippen molar-refractivity contribution in [3.8, 4) is 0 Å². The average molecular weight is 327 g/mol. The van der Waals surface area contributed by atoms with E-state index in [4.69, 9.17) is 10.5 Å². The normalized spacial score (nSPS) is 17.5. The number of hydrogen-bond donors (Lipinski definition) is 2. The highest BCUT2D eigenvalue weighted by Crippen LogP contribution is 2.40. The highest BCUT2D eigenvalue weighted by molar-refractivity contribution is 5.85. The van der Waals surface area contributed by atoms with E-state index in [-0.39, 0.29) is 29.8 Å². The van der Waals surface area contributed by atoms with Gasteiger partial charge in [0.1, 0.15) is 0 Å². The van der Waals surface area contributed by atoms with Gasteiger partial charge in [0.05, 0.1) is 12.5 Å². The first-order valence-electron chi connectivity index (χ1n) is 7.75. The van der Waals surface area contributed by atoms with Crippen LogP contribution >= 0.6 is 12.4 Å². The quantitative estimate of drug-likeness (QED) is 0.808. The summed E-state index contributed by atoms with van der Waals surface area (Å²) in [6, 6.07) is 10.5. The monoisotopic (exact) mass is 326 g/mol. The van der Waals surface area contributed by atoms with Gasteiger partial charge in [-0.3, -0.25) is 4.79 Å². The Morgan fingerprint density at radius 3 is 2.50 bits per heavy atom. The Balaban J connectivity index is 0.00000242. The average Bonchev–Trinajstić information content (AvgIpc) is 3.01. The summed E-state index contributed by atoms with van der Waals surface area (Å²) in [4.78, 5) is 12.1. The number of carbonyl (C=O) groups is 1. The van der Waals surface area contributed by atoms with Crippen molar-refractivity contribution in [1.29, 1.82) is 0 Å². The van der Waals surface area contributed by atoms with Crippen molar-refractivity contribution in [1.82, 2.24) is 5.32 Å². The number of methoxy groups -OCH3 is 1. The minimum atomic E-state index is -0.193. The first-order chi connectivity index (χ1) is 10.2. The lowest BCUT2D eigenvalue weighted by atomic mass is 9.79. The van der Waals surface area contributed by atoms with Gasteiger partial charge >= 0.3 is 0 Å². The summed E-state index contributed by atoms with van der Waals surface area (Å²) in [5, 5.41) is 3.09. The van der Waals surface area contributed by atoms with Crippen LogP contribution in [0.5, 0.6) is 0 Å². The fourth-order valence-electron chi connectivity index (χ4n) is 3.22. The van der Waals surface area contributed by atoms with Gasteiger partial charge in [-0.15, -0.1) is 12.4 Å².